The molecule has 2 heteroatoms. The van der Waals surface area contributed by atoms with Crippen molar-refractivity contribution in [3.63, 3.8) is 0 Å². The van der Waals surface area contributed by atoms with Crippen molar-refractivity contribution in [3.8, 4) is 0 Å². The Hall–Kier alpha value is -0.860. The van der Waals surface area contributed by atoms with Crippen LogP contribution in [0, 0.1) is 5.92 Å². The second-order valence-electron chi connectivity index (χ2n) is 5.55. The summed E-state index contributed by atoms with van der Waals surface area (Å²) in [5.41, 5.74) is 2.87. The normalized spacial score (nSPS) is 20.6. The maximum atomic E-state index is 5.56. The van der Waals surface area contributed by atoms with Gasteiger partial charge in [0, 0.05) is 18.6 Å². The average molecular weight is 261 g/mol. The third kappa shape index (κ3) is 4.05. The van der Waals surface area contributed by atoms with Crippen molar-refractivity contribution in [1.82, 2.24) is 5.32 Å². The largest absolute Gasteiger partial charge is 0.381 e. The summed E-state index contributed by atoms with van der Waals surface area (Å²) in [6.45, 7) is 7.35. The van der Waals surface area contributed by atoms with Crippen LogP contribution in [0.25, 0.3) is 0 Å². The molecule has 1 aromatic rings. The van der Waals surface area contributed by atoms with Crippen LogP contribution in [-0.2, 0) is 11.2 Å². The highest BCUT2D eigenvalue weighted by Gasteiger charge is 2.26. The van der Waals surface area contributed by atoms with E-state index >= 15 is 0 Å². The lowest BCUT2D eigenvalue weighted by Crippen LogP contribution is -2.29. The van der Waals surface area contributed by atoms with Gasteiger partial charge in [-0.1, -0.05) is 44.5 Å². The molecule has 0 saturated carbocycles. The van der Waals surface area contributed by atoms with E-state index in [9.17, 15) is 0 Å². The third-order valence-electron chi connectivity index (χ3n) is 3.93. The number of rotatable bonds is 7. The maximum absolute atomic E-state index is 5.56. The van der Waals surface area contributed by atoms with Gasteiger partial charge in [0.25, 0.3) is 0 Å². The Bertz CT molecular complexity index is 354. The number of aryl methyl sites for hydroxylation is 1. The zero-order valence-corrected chi connectivity index (χ0v) is 12.3. The van der Waals surface area contributed by atoms with Gasteiger partial charge < -0.3 is 10.1 Å². The Morgan fingerprint density at radius 3 is 2.58 bits per heavy atom. The number of nitrogens with one attached hydrogen (secondary N) is 1. The number of hydrogen-bond donors (Lipinski definition) is 1. The van der Waals surface area contributed by atoms with Crippen LogP contribution in [0.4, 0.5) is 0 Å². The lowest BCUT2D eigenvalue weighted by molar-refractivity contribution is 0.176. The van der Waals surface area contributed by atoms with Crippen molar-refractivity contribution >= 4 is 0 Å². The summed E-state index contributed by atoms with van der Waals surface area (Å²) in [6, 6.07) is 9.63. The van der Waals surface area contributed by atoms with Gasteiger partial charge in [0.15, 0.2) is 0 Å². The van der Waals surface area contributed by atoms with Crippen LogP contribution in [0.15, 0.2) is 24.3 Å². The Morgan fingerprint density at radius 1 is 1.21 bits per heavy atom. The van der Waals surface area contributed by atoms with E-state index in [2.05, 4.69) is 43.4 Å². The smallest absolute Gasteiger partial charge is 0.0513 e. The molecule has 0 bridgehead atoms. The summed E-state index contributed by atoms with van der Waals surface area (Å²) in [5, 5.41) is 3.70. The molecule has 0 amide bonds. The first-order chi connectivity index (χ1) is 9.35. The molecule has 0 aromatic heterocycles. The number of ether oxygens (including phenoxy) is 1. The van der Waals surface area contributed by atoms with E-state index in [1.165, 1.54) is 36.8 Å². The van der Waals surface area contributed by atoms with Gasteiger partial charge in [-0.2, -0.15) is 0 Å². The minimum atomic E-state index is 0.457. The quantitative estimate of drug-likeness (QED) is 0.808. The van der Waals surface area contributed by atoms with Gasteiger partial charge in [0.2, 0.25) is 0 Å². The Kier molecular flexibility index (Phi) is 5.87. The zero-order chi connectivity index (χ0) is 13.5. The lowest BCUT2D eigenvalue weighted by atomic mass is 9.91. The molecule has 2 nitrogen and oxygen atoms in total. The van der Waals surface area contributed by atoms with Crippen LogP contribution in [-0.4, -0.2) is 19.8 Å². The zero-order valence-electron chi connectivity index (χ0n) is 12.3. The summed E-state index contributed by atoms with van der Waals surface area (Å²) < 4.78 is 5.56. The van der Waals surface area contributed by atoms with Gasteiger partial charge in [-0.15, -0.1) is 0 Å². The Balaban J connectivity index is 2.07. The predicted molar refractivity (Wildman–Crippen MR) is 80.4 cm³/mol. The van der Waals surface area contributed by atoms with Crippen molar-refractivity contribution in [2.45, 2.75) is 45.6 Å². The van der Waals surface area contributed by atoms with Gasteiger partial charge >= 0.3 is 0 Å². The molecule has 1 aromatic carbocycles. The fourth-order valence-electron chi connectivity index (χ4n) is 2.85. The van der Waals surface area contributed by atoms with Crippen LogP contribution < -0.4 is 5.32 Å². The Labute approximate surface area is 117 Å². The second-order valence-corrected chi connectivity index (χ2v) is 5.55. The molecule has 0 spiro atoms. The molecular formula is C17H27NO. The average Bonchev–Trinajstić information content (AvgIpc) is 2.95. The fraction of sp³-hybridized carbons (Fsp3) is 0.647. The molecule has 0 aliphatic carbocycles. The van der Waals surface area contributed by atoms with Gasteiger partial charge in [-0.3, -0.25) is 0 Å². The standard InChI is InChI=1S/C17H27NO/c1-3-5-14-6-8-15(9-7-14)17(18-11-4-2)16-10-12-19-13-16/h6-9,16-18H,3-5,10-13H2,1-2H3. The first-order valence-electron chi connectivity index (χ1n) is 7.75. The molecule has 2 atom stereocenters. The highest BCUT2D eigenvalue weighted by Crippen LogP contribution is 2.29. The molecule has 106 valence electrons. The summed E-state index contributed by atoms with van der Waals surface area (Å²) in [4.78, 5) is 0. The summed E-state index contributed by atoms with van der Waals surface area (Å²) in [6.07, 6.45) is 4.75. The van der Waals surface area contributed by atoms with Crippen molar-refractivity contribution < 1.29 is 4.74 Å². The molecule has 1 heterocycles. The molecule has 2 rings (SSSR count). The van der Waals surface area contributed by atoms with E-state index in [1.54, 1.807) is 0 Å². The topological polar surface area (TPSA) is 21.3 Å². The second kappa shape index (κ2) is 7.66. The van der Waals surface area contributed by atoms with Crippen molar-refractivity contribution in [2.75, 3.05) is 19.8 Å². The Morgan fingerprint density at radius 2 is 2.00 bits per heavy atom. The summed E-state index contributed by atoms with van der Waals surface area (Å²) in [7, 11) is 0. The maximum Gasteiger partial charge on any atom is 0.0513 e. The highest BCUT2D eigenvalue weighted by molar-refractivity contribution is 5.26. The summed E-state index contributed by atoms with van der Waals surface area (Å²) in [5.74, 6) is 0.628. The molecule has 1 aliphatic rings. The van der Waals surface area contributed by atoms with Gasteiger partial charge in [-0.05, 0) is 36.9 Å². The van der Waals surface area contributed by atoms with Crippen molar-refractivity contribution in [1.29, 1.82) is 0 Å². The summed E-state index contributed by atoms with van der Waals surface area (Å²) >= 11 is 0. The SMILES string of the molecule is CCCNC(c1ccc(CCC)cc1)C1CCOC1. The van der Waals surface area contributed by atoms with E-state index in [-0.39, 0.29) is 0 Å². The van der Waals surface area contributed by atoms with Gasteiger partial charge in [0.1, 0.15) is 0 Å². The third-order valence-corrected chi connectivity index (χ3v) is 3.93. The molecule has 1 aliphatic heterocycles. The van der Waals surface area contributed by atoms with Gasteiger partial charge in [-0.25, -0.2) is 0 Å². The minimum Gasteiger partial charge on any atom is -0.381 e. The van der Waals surface area contributed by atoms with Crippen LogP contribution in [0.1, 0.15) is 50.3 Å². The molecule has 1 fully saturated rings. The first-order valence-corrected chi connectivity index (χ1v) is 7.75. The highest BCUT2D eigenvalue weighted by atomic mass is 16.5. The molecule has 1 N–H and O–H groups in total. The molecule has 1 saturated heterocycles. The lowest BCUT2D eigenvalue weighted by Gasteiger charge is -2.24. The predicted octanol–water partition coefficient (Wildman–Crippen LogP) is 3.72. The van der Waals surface area contributed by atoms with Crippen LogP contribution in [0.2, 0.25) is 0 Å². The van der Waals surface area contributed by atoms with E-state index in [1.807, 2.05) is 0 Å². The van der Waals surface area contributed by atoms with E-state index < -0.39 is 0 Å². The number of hydrogen-bond acceptors (Lipinski definition) is 2. The van der Waals surface area contributed by atoms with E-state index in [0.717, 1.165) is 19.8 Å². The van der Waals surface area contributed by atoms with Crippen molar-refractivity contribution in [2.24, 2.45) is 5.92 Å². The van der Waals surface area contributed by atoms with E-state index in [4.69, 9.17) is 4.74 Å². The number of benzene rings is 1. The molecular weight excluding hydrogens is 234 g/mol. The van der Waals surface area contributed by atoms with Crippen molar-refractivity contribution in [3.05, 3.63) is 35.4 Å². The van der Waals surface area contributed by atoms with Crippen LogP contribution in [0.3, 0.4) is 0 Å². The fourth-order valence-corrected chi connectivity index (χ4v) is 2.85. The van der Waals surface area contributed by atoms with Crippen LogP contribution in [0.5, 0.6) is 0 Å². The molecule has 19 heavy (non-hydrogen) atoms. The monoisotopic (exact) mass is 261 g/mol. The van der Waals surface area contributed by atoms with Crippen LogP contribution >= 0.6 is 0 Å². The van der Waals surface area contributed by atoms with Gasteiger partial charge in [0.05, 0.1) is 6.61 Å². The first kappa shape index (κ1) is 14.5. The minimum absolute atomic E-state index is 0.457. The molecule has 2 unspecified atom stereocenters. The molecule has 0 radical (unpaired) electrons. The van der Waals surface area contributed by atoms with E-state index in [0.29, 0.717) is 12.0 Å².